The lowest BCUT2D eigenvalue weighted by molar-refractivity contribution is -0.132. The van der Waals surface area contributed by atoms with Gasteiger partial charge in [-0.3, -0.25) is 9.36 Å². The number of fused-ring (bicyclic) bond motifs is 1. The standard InChI is InChI=1S/C20H21F2N3O3/c1-23(2)9-10-24(12-14-7-8-15(21)16(22)11-14)19(26)13-25-17-5-3-4-6-18(17)28-20(25)27/h3-8,11H,9-10,12-13H2,1-2H3. The minimum absolute atomic E-state index is 0.106. The Bertz CT molecular complexity index is 1040. The van der Waals surface area contributed by atoms with E-state index in [2.05, 4.69) is 0 Å². The number of carbonyl (C=O) groups is 1. The summed E-state index contributed by atoms with van der Waals surface area (Å²) in [5, 5.41) is 0. The third-order valence-corrected chi connectivity index (χ3v) is 4.39. The van der Waals surface area contributed by atoms with Crippen LogP contribution in [0.3, 0.4) is 0 Å². The van der Waals surface area contributed by atoms with Gasteiger partial charge in [0.05, 0.1) is 5.52 Å². The molecule has 1 aromatic heterocycles. The van der Waals surface area contributed by atoms with Crippen LogP contribution in [-0.4, -0.2) is 47.5 Å². The van der Waals surface area contributed by atoms with Gasteiger partial charge in [0, 0.05) is 19.6 Å². The molecule has 6 nitrogen and oxygen atoms in total. The Kier molecular flexibility index (Phi) is 5.89. The van der Waals surface area contributed by atoms with Crippen LogP contribution in [0.25, 0.3) is 11.1 Å². The Balaban J connectivity index is 1.84. The van der Waals surface area contributed by atoms with Crippen LogP contribution in [0.4, 0.5) is 8.78 Å². The number of oxazole rings is 1. The van der Waals surface area contributed by atoms with Crippen LogP contribution in [0.15, 0.2) is 51.7 Å². The topological polar surface area (TPSA) is 58.7 Å². The number of likely N-dealkylation sites (N-methyl/N-ethyl adjacent to an activating group) is 1. The van der Waals surface area contributed by atoms with E-state index in [1.54, 1.807) is 24.3 Å². The molecule has 0 aliphatic carbocycles. The van der Waals surface area contributed by atoms with Crippen LogP contribution < -0.4 is 5.76 Å². The van der Waals surface area contributed by atoms with Crippen LogP contribution in [0.1, 0.15) is 5.56 Å². The van der Waals surface area contributed by atoms with Crippen molar-refractivity contribution in [2.75, 3.05) is 27.2 Å². The van der Waals surface area contributed by atoms with E-state index in [0.717, 1.165) is 12.1 Å². The molecule has 0 atom stereocenters. The molecule has 3 aromatic rings. The fourth-order valence-corrected chi connectivity index (χ4v) is 2.87. The number of halogens is 2. The molecule has 148 valence electrons. The average molecular weight is 389 g/mol. The van der Waals surface area contributed by atoms with Crippen molar-refractivity contribution in [2.45, 2.75) is 13.1 Å². The molecule has 0 fully saturated rings. The first-order valence-corrected chi connectivity index (χ1v) is 8.80. The van der Waals surface area contributed by atoms with Crippen LogP contribution in [0.5, 0.6) is 0 Å². The number of benzene rings is 2. The number of carbonyl (C=O) groups excluding carboxylic acids is 1. The summed E-state index contributed by atoms with van der Waals surface area (Å²) in [6.45, 7) is 0.854. The zero-order chi connectivity index (χ0) is 20.3. The van der Waals surface area contributed by atoms with E-state index in [1.807, 2.05) is 19.0 Å². The molecule has 0 bridgehead atoms. The molecule has 0 radical (unpaired) electrons. The zero-order valence-electron chi connectivity index (χ0n) is 15.7. The quantitative estimate of drug-likeness (QED) is 0.623. The van der Waals surface area contributed by atoms with Crippen LogP contribution in [0, 0.1) is 11.6 Å². The van der Waals surface area contributed by atoms with Crippen molar-refractivity contribution < 1.29 is 18.0 Å². The van der Waals surface area contributed by atoms with Crippen molar-refractivity contribution in [1.29, 1.82) is 0 Å². The highest BCUT2D eigenvalue weighted by molar-refractivity contribution is 5.79. The van der Waals surface area contributed by atoms with Gasteiger partial charge in [-0.25, -0.2) is 13.6 Å². The van der Waals surface area contributed by atoms with Crippen molar-refractivity contribution in [3.8, 4) is 0 Å². The lowest BCUT2D eigenvalue weighted by Crippen LogP contribution is -2.39. The molecule has 0 saturated heterocycles. The summed E-state index contributed by atoms with van der Waals surface area (Å²) in [6.07, 6.45) is 0. The van der Waals surface area contributed by atoms with Gasteiger partial charge < -0.3 is 14.2 Å². The van der Waals surface area contributed by atoms with Gasteiger partial charge >= 0.3 is 5.76 Å². The Morgan fingerprint density at radius 3 is 2.54 bits per heavy atom. The summed E-state index contributed by atoms with van der Waals surface area (Å²) in [7, 11) is 3.74. The van der Waals surface area contributed by atoms with Gasteiger partial charge in [0.1, 0.15) is 6.54 Å². The average Bonchev–Trinajstić information content (AvgIpc) is 2.97. The van der Waals surface area contributed by atoms with E-state index in [4.69, 9.17) is 4.42 Å². The molecule has 0 saturated carbocycles. The number of amides is 1. The highest BCUT2D eigenvalue weighted by Gasteiger charge is 2.19. The number of para-hydroxylation sites is 2. The Morgan fingerprint density at radius 1 is 1.07 bits per heavy atom. The largest absolute Gasteiger partial charge is 0.420 e. The minimum atomic E-state index is -0.963. The number of hydrogen-bond acceptors (Lipinski definition) is 4. The molecule has 0 N–H and O–H groups in total. The van der Waals surface area contributed by atoms with Crippen molar-refractivity contribution in [1.82, 2.24) is 14.4 Å². The molecule has 0 aliphatic rings. The Labute approximate surface area is 160 Å². The van der Waals surface area contributed by atoms with E-state index >= 15 is 0 Å². The van der Waals surface area contributed by atoms with E-state index in [9.17, 15) is 18.4 Å². The summed E-state index contributed by atoms with van der Waals surface area (Å²) in [5.41, 5.74) is 1.40. The predicted octanol–water partition coefficient (Wildman–Crippen LogP) is 2.46. The summed E-state index contributed by atoms with van der Waals surface area (Å²) in [4.78, 5) is 28.5. The van der Waals surface area contributed by atoms with Crippen molar-refractivity contribution in [2.24, 2.45) is 0 Å². The van der Waals surface area contributed by atoms with Gasteiger partial charge in [0.15, 0.2) is 17.2 Å². The molecule has 0 aliphatic heterocycles. The molecule has 0 unspecified atom stereocenters. The first-order chi connectivity index (χ1) is 13.3. The van der Waals surface area contributed by atoms with E-state index < -0.39 is 17.4 Å². The maximum Gasteiger partial charge on any atom is 0.420 e. The molecule has 1 heterocycles. The fourth-order valence-electron chi connectivity index (χ4n) is 2.87. The third kappa shape index (κ3) is 4.45. The first-order valence-electron chi connectivity index (χ1n) is 8.80. The van der Waals surface area contributed by atoms with Gasteiger partial charge in [-0.15, -0.1) is 0 Å². The summed E-state index contributed by atoms with van der Waals surface area (Å²) in [5.74, 6) is -2.84. The molecule has 8 heteroatoms. The molecule has 28 heavy (non-hydrogen) atoms. The normalized spacial score (nSPS) is 11.3. The van der Waals surface area contributed by atoms with Gasteiger partial charge in [0.2, 0.25) is 5.91 Å². The number of aromatic nitrogens is 1. The highest BCUT2D eigenvalue weighted by Crippen LogP contribution is 2.14. The summed E-state index contributed by atoms with van der Waals surface area (Å²) < 4.78 is 33.1. The fraction of sp³-hybridized carbons (Fsp3) is 0.300. The Morgan fingerprint density at radius 2 is 1.82 bits per heavy atom. The van der Waals surface area contributed by atoms with Crippen molar-refractivity contribution in [3.63, 3.8) is 0 Å². The number of nitrogens with zero attached hydrogens (tertiary/aromatic N) is 3. The molecule has 0 spiro atoms. The molecular formula is C20H21F2N3O3. The summed E-state index contributed by atoms with van der Waals surface area (Å²) in [6, 6.07) is 10.4. The molecular weight excluding hydrogens is 368 g/mol. The second-order valence-corrected chi connectivity index (χ2v) is 6.79. The third-order valence-electron chi connectivity index (χ3n) is 4.39. The zero-order valence-corrected chi connectivity index (χ0v) is 15.7. The van der Waals surface area contributed by atoms with E-state index in [-0.39, 0.29) is 19.0 Å². The smallest absolute Gasteiger partial charge is 0.408 e. The monoisotopic (exact) mass is 389 g/mol. The molecule has 3 rings (SSSR count). The van der Waals surface area contributed by atoms with Crippen LogP contribution in [-0.2, 0) is 17.9 Å². The summed E-state index contributed by atoms with van der Waals surface area (Å²) >= 11 is 0. The van der Waals surface area contributed by atoms with Crippen LogP contribution in [0.2, 0.25) is 0 Å². The molecule has 2 aromatic carbocycles. The maximum absolute atomic E-state index is 13.5. The highest BCUT2D eigenvalue weighted by atomic mass is 19.2. The van der Waals surface area contributed by atoms with Gasteiger partial charge in [0.25, 0.3) is 0 Å². The maximum atomic E-state index is 13.5. The van der Waals surface area contributed by atoms with Gasteiger partial charge in [-0.05, 0) is 43.9 Å². The second kappa shape index (κ2) is 8.35. The van der Waals surface area contributed by atoms with Gasteiger partial charge in [-0.2, -0.15) is 0 Å². The first kappa shape index (κ1) is 19.8. The molecule has 1 amide bonds. The number of hydrogen-bond donors (Lipinski definition) is 0. The van der Waals surface area contributed by atoms with Crippen LogP contribution >= 0.6 is 0 Å². The lowest BCUT2D eigenvalue weighted by atomic mass is 10.2. The van der Waals surface area contributed by atoms with Crippen molar-refractivity contribution in [3.05, 3.63) is 70.2 Å². The predicted molar refractivity (Wildman–Crippen MR) is 101 cm³/mol. The van der Waals surface area contributed by atoms with Gasteiger partial charge in [-0.1, -0.05) is 18.2 Å². The lowest BCUT2D eigenvalue weighted by Gasteiger charge is -2.24. The van der Waals surface area contributed by atoms with E-state index in [1.165, 1.54) is 15.5 Å². The van der Waals surface area contributed by atoms with Crippen molar-refractivity contribution >= 4 is 17.0 Å². The second-order valence-electron chi connectivity index (χ2n) is 6.79. The number of rotatable bonds is 7. The SMILES string of the molecule is CN(C)CCN(Cc1ccc(F)c(F)c1)C(=O)Cn1c(=O)oc2ccccc21. The van der Waals surface area contributed by atoms with E-state index in [0.29, 0.717) is 29.8 Å². The minimum Gasteiger partial charge on any atom is -0.408 e. The Hall–Kier alpha value is -3.00.